The lowest BCUT2D eigenvalue weighted by Crippen LogP contribution is -2.34. The highest BCUT2D eigenvalue weighted by atomic mass is 16.2. The number of nitrogens with zero attached hydrogens (tertiary/aromatic N) is 5. The minimum Gasteiger partial charge on any atom is -0.354 e. The Morgan fingerprint density at radius 1 is 1.12 bits per heavy atom. The number of aromatic nitrogens is 4. The van der Waals surface area contributed by atoms with Gasteiger partial charge in [-0.3, -0.25) is 9.59 Å². The van der Waals surface area contributed by atoms with Gasteiger partial charge in [0.15, 0.2) is 0 Å². The Labute approximate surface area is 139 Å². The summed E-state index contributed by atoms with van der Waals surface area (Å²) in [6.45, 7) is 1.97. The van der Waals surface area contributed by atoms with E-state index in [9.17, 15) is 9.59 Å². The van der Waals surface area contributed by atoms with Crippen molar-refractivity contribution in [2.24, 2.45) is 0 Å². The molecule has 3 rings (SSSR count). The number of carbonyl (C=O) groups is 2. The zero-order valence-corrected chi connectivity index (χ0v) is 13.4. The fraction of sp³-hybridized carbons (Fsp3) is 0.438. The highest BCUT2D eigenvalue weighted by Gasteiger charge is 2.17. The number of hydrogen-bond donors (Lipinski definition) is 1. The number of benzene rings is 1. The van der Waals surface area contributed by atoms with Crippen LogP contribution in [-0.4, -0.2) is 56.6 Å². The number of nitrogens with one attached hydrogen (secondary N) is 1. The summed E-state index contributed by atoms with van der Waals surface area (Å²) in [5.41, 5.74) is 0.848. The molecule has 1 saturated heterocycles. The van der Waals surface area contributed by atoms with E-state index in [4.69, 9.17) is 0 Å². The molecule has 0 spiro atoms. The van der Waals surface area contributed by atoms with Crippen LogP contribution in [0.1, 0.15) is 19.3 Å². The quantitative estimate of drug-likeness (QED) is 0.832. The Morgan fingerprint density at radius 3 is 2.62 bits per heavy atom. The van der Waals surface area contributed by atoms with Gasteiger partial charge in [-0.05, 0) is 18.1 Å². The molecule has 126 valence electrons. The normalized spacial score (nSPS) is 13.9. The average Bonchev–Trinajstić information content (AvgIpc) is 3.27. The lowest BCUT2D eigenvalue weighted by molar-refractivity contribution is -0.130. The van der Waals surface area contributed by atoms with E-state index in [0.29, 0.717) is 18.8 Å². The molecule has 1 N–H and O–H groups in total. The third-order valence-corrected chi connectivity index (χ3v) is 3.89. The van der Waals surface area contributed by atoms with Crippen molar-refractivity contribution in [3.05, 3.63) is 30.3 Å². The molecule has 1 aromatic heterocycles. The summed E-state index contributed by atoms with van der Waals surface area (Å²) in [7, 11) is 0. The maximum absolute atomic E-state index is 11.9. The monoisotopic (exact) mass is 328 g/mol. The van der Waals surface area contributed by atoms with E-state index in [2.05, 4.69) is 20.7 Å². The lowest BCUT2D eigenvalue weighted by Gasteiger charge is -2.15. The van der Waals surface area contributed by atoms with Crippen molar-refractivity contribution in [2.75, 3.05) is 19.6 Å². The van der Waals surface area contributed by atoms with E-state index < -0.39 is 0 Å². The van der Waals surface area contributed by atoms with Crippen molar-refractivity contribution in [2.45, 2.75) is 25.8 Å². The van der Waals surface area contributed by atoms with Gasteiger partial charge >= 0.3 is 0 Å². The molecule has 2 aromatic rings. The summed E-state index contributed by atoms with van der Waals surface area (Å²) < 4.78 is 0. The fourth-order valence-electron chi connectivity index (χ4n) is 2.63. The molecule has 1 aliphatic heterocycles. The van der Waals surface area contributed by atoms with Gasteiger partial charge in [-0.2, -0.15) is 4.80 Å². The van der Waals surface area contributed by atoms with Gasteiger partial charge in [-0.1, -0.05) is 30.3 Å². The zero-order valence-electron chi connectivity index (χ0n) is 13.4. The van der Waals surface area contributed by atoms with Gasteiger partial charge < -0.3 is 10.2 Å². The van der Waals surface area contributed by atoms with Crippen LogP contribution in [0.25, 0.3) is 11.4 Å². The molecule has 8 heteroatoms. The van der Waals surface area contributed by atoms with E-state index >= 15 is 0 Å². The molecule has 8 nitrogen and oxygen atoms in total. The molecule has 0 saturated carbocycles. The molecule has 0 aliphatic carbocycles. The van der Waals surface area contributed by atoms with E-state index in [1.807, 2.05) is 35.2 Å². The van der Waals surface area contributed by atoms with Gasteiger partial charge in [0.25, 0.3) is 0 Å². The number of likely N-dealkylation sites (tertiary alicyclic amines) is 1. The molecule has 1 aliphatic rings. The Hall–Kier alpha value is -2.77. The third kappa shape index (κ3) is 4.15. The molecule has 0 radical (unpaired) electrons. The Kier molecular flexibility index (Phi) is 5.15. The van der Waals surface area contributed by atoms with E-state index in [-0.39, 0.29) is 18.4 Å². The minimum absolute atomic E-state index is 0.0161. The number of amides is 2. The highest BCUT2D eigenvalue weighted by molar-refractivity contribution is 5.79. The Bertz CT molecular complexity index is 694. The van der Waals surface area contributed by atoms with Crippen molar-refractivity contribution in [1.29, 1.82) is 0 Å². The van der Waals surface area contributed by atoms with Crippen LogP contribution in [0, 0.1) is 0 Å². The predicted molar refractivity (Wildman–Crippen MR) is 86.7 cm³/mol. The fourth-order valence-corrected chi connectivity index (χ4v) is 2.63. The van der Waals surface area contributed by atoms with Gasteiger partial charge in [0.2, 0.25) is 17.6 Å². The smallest absolute Gasteiger partial charge is 0.243 e. The predicted octanol–water partition coefficient (Wildman–Crippen LogP) is 0.469. The van der Waals surface area contributed by atoms with Crippen LogP contribution in [0.2, 0.25) is 0 Å². The summed E-state index contributed by atoms with van der Waals surface area (Å²) in [5.74, 6) is 0.340. The van der Waals surface area contributed by atoms with Crippen molar-refractivity contribution >= 4 is 11.8 Å². The lowest BCUT2D eigenvalue weighted by atomic mass is 10.2. The second kappa shape index (κ2) is 7.67. The summed E-state index contributed by atoms with van der Waals surface area (Å²) in [4.78, 5) is 26.9. The van der Waals surface area contributed by atoms with Gasteiger partial charge in [-0.15, -0.1) is 10.2 Å². The average molecular weight is 328 g/mol. The van der Waals surface area contributed by atoms with Crippen LogP contribution in [0.4, 0.5) is 0 Å². The molecule has 2 amide bonds. The van der Waals surface area contributed by atoms with Crippen LogP contribution < -0.4 is 5.32 Å². The maximum atomic E-state index is 11.9. The van der Waals surface area contributed by atoms with Crippen molar-refractivity contribution in [1.82, 2.24) is 30.4 Å². The molecule has 2 heterocycles. The van der Waals surface area contributed by atoms with Crippen molar-refractivity contribution in [3.8, 4) is 11.4 Å². The first-order valence-corrected chi connectivity index (χ1v) is 8.10. The van der Waals surface area contributed by atoms with Gasteiger partial charge in [0.1, 0.15) is 6.54 Å². The van der Waals surface area contributed by atoms with Crippen LogP contribution >= 0.6 is 0 Å². The first-order valence-electron chi connectivity index (χ1n) is 8.10. The molecule has 0 bridgehead atoms. The van der Waals surface area contributed by atoms with Crippen molar-refractivity contribution in [3.63, 3.8) is 0 Å². The standard InChI is InChI=1S/C16H20N6O2/c23-14(17-9-8-15(24)21-10-4-5-11-21)12-22-19-16(18-20-22)13-6-2-1-3-7-13/h1-3,6-7H,4-5,8-12H2,(H,17,23). The van der Waals surface area contributed by atoms with Crippen LogP contribution in [-0.2, 0) is 16.1 Å². The van der Waals surface area contributed by atoms with Crippen LogP contribution in [0.3, 0.4) is 0 Å². The molecule has 0 unspecified atom stereocenters. The summed E-state index contributed by atoms with van der Waals surface area (Å²) >= 11 is 0. The molecule has 1 aromatic carbocycles. The first kappa shape index (κ1) is 16.1. The summed E-state index contributed by atoms with van der Waals surface area (Å²) in [6, 6.07) is 9.45. The number of carbonyl (C=O) groups excluding carboxylic acids is 2. The van der Waals surface area contributed by atoms with Crippen LogP contribution in [0.15, 0.2) is 30.3 Å². The zero-order chi connectivity index (χ0) is 16.8. The van der Waals surface area contributed by atoms with Gasteiger partial charge in [-0.25, -0.2) is 0 Å². The number of hydrogen-bond acceptors (Lipinski definition) is 5. The summed E-state index contributed by atoms with van der Waals surface area (Å²) in [5, 5.41) is 14.7. The molecular formula is C16H20N6O2. The summed E-state index contributed by atoms with van der Waals surface area (Å²) in [6.07, 6.45) is 2.46. The van der Waals surface area contributed by atoms with Gasteiger partial charge in [0.05, 0.1) is 0 Å². The molecular weight excluding hydrogens is 308 g/mol. The Morgan fingerprint density at radius 2 is 1.88 bits per heavy atom. The van der Waals surface area contributed by atoms with Crippen molar-refractivity contribution < 1.29 is 9.59 Å². The van der Waals surface area contributed by atoms with E-state index in [0.717, 1.165) is 31.5 Å². The van der Waals surface area contributed by atoms with E-state index in [1.54, 1.807) is 0 Å². The molecule has 24 heavy (non-hydrogen) atoms. The topological polar surface area (TPSA) is 93.0 Å². The Balaban J connectivity index is 1.43. The SMILES string of the molecule is O=C(Cn1nnc(-c2ccccc2)n1)NCCC(=O)N1CCCC1. The largest absolute Gasteiger partial charge is 0.354 e. The number of rotatable bonds is 6. The molecule has 0 atom stereocenters. The van der Waals surface area contributed by atoms with Gasteiger partial charge in [0, 0.05) is 31.6 Å². The molecule has 1 fully saturated rings. The minimum atomic E-state index is -0.235. The van der Waals surface area contributed by atoms with Crippen LogP contribution in [0.5, 0.6) is 0 Å². The second-order valence-electron chi connectivity index (χ2n) is 5.70. The second-order valence-corrected chi connectivity index (χ2v) is 5.70. The first-order chi connectivity index (χ1) is 11.7. The number of tetrazole rings is 1. The van der Waals surface area contributed by atoms with E-state index in [1.165, 1.54) is 4.80 Å². The maximum Gasteiger partial charge on any atom is 0.243 e. The highest BCUT2D eigenvalue weighted by Crippen LogP contribution is 2.11. The third-order valence-electron chi connectivity index (χ3n) is 3.89.